The molecule has 0 spiro atoms. The molecule has 3 aromatic carbocycles. The summed E-state index contributed by atoms with van der Waals surface area (Å²) in [4.78, 5) is 10.0. The number of aliphatic hydroxyl groups is 1. The quantitative estimate of drug-likeness (QED) is 0.238. The average molecular weight is 565 g/mol. The number of allylic oxidation sites excluding steroid dienone is 2. The Hall–Kier alpha value is -2.48. The van der Waals surface area contributed by atoms with Gasteiger partial charge in [0.05, 0.1) is 5.76 Å². The van der Waals surface area contributed by atoms with Gasteiger partial charge in [-0.2, -0.15) is 35.9 Å². The third kappa shape index (κ3) is 6.00. The van der Waals surface area contributed by atoms with Gasteiger partial charge in [0.25, 0.3) is 0 Å². The summed E-state index contributed by atoms with van der Waals surface area (Å²) >= 11 is 0. The summed E-state index contributed by atoms with van der Waals surface area (Å²) in [5.74, 6) is -0.0625. The summed E-state index contributed by atoms with van der Waals surface area (Å²) in [7, 11) is 0. The van der Waals surface area contributed by atoms with Gasteiger partial charge < -0.3 is 10.4 Å². The fourth-order valence-electron chi connectivity index (χ4n) is 3.34. The van der Waals surface area contributed by atoms with E-state index in [1.54, 1.807) is 0 Å². The number of hydrogen-bond acceptors (Lipinski definition) is 2. The molecule has 0 aromatic heterocycles. The molecule has 0 bridgehead atoms. The normalized spacial score (nSPS) is 17.4. The van der Waals surface area contributed by atoms with E-state index in [0.29, 0.717) is 0 Å². The molecule has 29 heavy (non-hydrogen) atoms. The van der Waals surface area contributed by atoms with Crippen LogP contribution >= 0.6 is 0 Å². The van der Waals surface area contributed by atoms with Crippen LogP contribution in [0.5, 0.6) is 0 Å². The number of aliphatic hydroxyl groups excluding tert-OH is 1. The van der Waals surface area contributed by atoms with Crippen LogP contribution in [-0.2, 0) is 25.9 Å². The van der Waals surface area contributed by atoms with Crippen molar-refractivity contribution in [2.75, 3.05) is 0 Å². The van der Waals surface area contributed by atoms with Crippen molar-refractivity contribution in [2.24, 2.45) is 0 Å². The van der Waals surface area contributed by atoms with Crippen molar-refractivity contribution < 1.29 is 31.0 Å². The standard InChI is InChI=1S/C20H15N.C5H8O2.Pt/c1-3-9-15(10-4-1)19-17-13-7-8-14-18(17)20(21-19)16-11-5-2-6-12-16;1-4(6)3-5(2)7;/h1-11,13-14,19-20H;3,6H,1-2H3;/q-2;;+2/b;4-3-;. The molecule has 3 nitrogen and oxygen atoms in total. The van der Waals surface area contributed by atoms with E-state index in [-0.39, 0.29) is 44.7 Å². The smallest absolute Gasteiger partial charge is 0.643 e. The maximum Gasteiger partial charge on any atom is 2.00 e. The van der Waals surface area contributed by atoms with Crippen LogP contribution < -0.4 is 0 Å². The Labute approximate surface area is 186 Å². The summed E-state index contributed by atoms with van der Waals surface area (Å²) < 4.78 is 0. The molecular weight excluding hydrogens is 541 g/mol. The Morgan fingerprint density at radius 3 is 2.00 bits per heavy atom. The minimum Gasteiger partial charge on any atom is -0.643 e. The molecular formula is C25H23NO2Pt. The first kappa shape index (κ1) is 22.8. The van der Waals surface area contributed by atoms with E-state index in [0.717, 1.165) is 5.56 Å². The molecule has 1 aliphatic heterocycles. The number of carbonyl (C=O) groups excluding carboxylic acids is 1. The van der Waals surface area contributed by atoms with Crippen LogP contribution in [0.2, 0.25) is 0 Å². The molecule has 150 valence electrons. The maximum absolute atomic E-state index is 10.0. The first-order chi connectivity index (χ1) is 13.6. The largest absolute Gasteiger partial charge is 2.00 e. The van der Waals surface area contributed by atoms with Gasteiger partial charge in [0, 0.05) is 6.08 Å². The first-order valence-electron chi connectivity index (χ1n) is 9.24. The van der Waals surface area contributed by atoms with Gasteiger partial charge >= 0.3 is 21.1 Å². The second kappa shape index (κ2) is 10.9. The zero-order valence-corrected chi connectivity index (χ0v) is 18.6. The van der Waals surface area contributed by atoms with Gasteiger partial charge in [-0.25, -0.2) is 0 Å². The Kier molecular flexibility index (Phi) is 8.57. The average Bonchev–Trinajstić information content (AvgIpc) is 3.09. The van der Waals surface area contributed by atoms with Crippen LogP contribution in [0.25, 0.3) is 5.32 Å². The fourth-order valence-corrected chi connectivity index (χ4v) is 3.34. The summed E-state index contributed by atoms with van der Waals surface area (Å²) in [6, 6.07) is 30.8. The maximum atomic E-state index is 10.0. The number of hydrogen-bond donors (Lipinski definition) is 1. The Morgan fingerprint density at radius 1 is 0.897 bits per heavy atom. The molecule has 0 saturated heterocycles. The molecule has 1 aliphatic rings. The predicted octanol–water partition coefficient (Wildman–Crippen LogP) is 6.09. The van der Waals surface area contributed by atoms with E-state index in [1.807, 2.05) is 18.2 Å². The minimum absolute atomic E-state index is 0. The number of rotatable bonds is 3. The molecule has 0 aliphatic carbocycles. The number of fused-ring (bicyclic) bond motifs is 1. The molecule has 4 heteroatoms. The second-order valence-electron chi connectivity index (χ2n) is 6.71. The summed E-state index contributed by atoms with van der Waals surface area (Å²) in [5.41, 5.74) is 5.01. The van der Waals surface area contributed by atoms with Crippen molar-refractivity contribution in [2.45, 2.75) is 25.9 Å². The topological polar surface area (TPSA) is 51.4 Å². The predicted molar refractivity (Wildman–Crippen MR) is 112 cm³/mol. The van der Waals surface area contributed by atoms with Crippen LogP contribution in [0.3, 0.4) is 0 Å². The van der Waals surface area contributed by atoms with Crippen LogP contribution in [-0.4, -0.2) is 10.9 Å². The van der Waals surface area contributed by atoms with Crippen LogP contribution in [0.1, 0.15) is 48.2 Å². The van der Waals surface area contributed by atoms with Crippen molar-refractivity contribution in [1.29, 1.82) is 0 Å². The van der Waals surface area contributed by atoms with E-state index < -0.39 is 0 Å². The van der Waals surface area contributed by atoms with Gasteiger partial charge in [-0.3, -0.25) is 4.79 Å². The van der Waals surface area contributed by atoms with Gasteiger partial charge in [-0.1, -0.05) is 77.3 Å². The monoisotopic (exact) mass is 564 g/mol. The van der Waals surface area contributed by atoms with E-state index in [9.17, 15) is 4.79 Å². The summed E-state index contributed by atoms with van der Waals surface area (Å²) in [5, 5.41) is 13.4. The number of nitrogens with zero attached hydrogens (tertiary/aromatic N) is 1. The molecule has 3 aromatic rings. The van der Waals surface area contributed by atoms with Crippen molar-refractivity contribution >= 4 is 5.78 Å². The molecule has 2 unspecified atom stereocenters. The second-order valence-corrected chi connectivity index (χ2v) is 6.71. The summed E-state index contributed by atoms with van der Waals surface area (Å²) in [6.07, 6.45) is 1.17. The zero-order valence-electron chi connectivity index (χ0n) is 16.4. The van der Waals surface area contributed by atoms with Crippen molar-refractivity contribution in [1.82, 2.24) is 0 Å². The summed E-state index contributed by atoms with van der Waals surface area (Å²) in [6.45, 7) is 2.85. The number of carbonyl (C=O) groups is 1. The van der Waals surface area contributed by atoms with E-state index >= 15 is 0 Å². The fraction of sp³-hybridized carbons (Fsp3) is 0.160. The van der Waals surface area contributed by atoms with Crippen molar-refractivity contribution in [3.05, 3.63) is 124 Å². The van der Waals surface area contributed by atoms with E-state index in [2.05, 4.69) is 66.7 Å². The van der Waals surface area contributed by atoms with Gasteiger partial charge in [-0.15, -0.1) is 6.04 Å². The third-order valence-electron chi connectivity index (χ3n) is 4.44. The van der Waals surface area contributed by atoms with Crippen molar-refractivity contribution in [3.8, 4) is 0 Å². The zero-order chi connectivity index (χ0) is 19.9. The van der Waals surface area contributed by atoms with Gasteiger partial charge in [0.15, 0.2) is 5.78 Å². The van der Waals surface area contributed by atoms with Gasteiger partial charge in [0.2, 0.25) is 0 Å². The Morgan fingerprint density at radius 2 is 1.48 bits per heavy atom. The molecule has 0 saturated carbocycles. The van der Waals surface area contributed by atoms with Gasteiger partial charge in [0.1, 0.15) is 0 Å². The van der Waals surface area contributed by atoms with Crippen molar-refractivity contribution in [3.63, 3.8) is 0 Å². The molecule has 1 heterocycles. The Bertz CT molecular complexity index is 886. The van der Waals surface area contributed by atoms with Crippen LogP contribution in [0, 0.1) is 6.07 Å². The van der Waals surface area contributed by atoms with Crippen LogP contribution in [0.15, 0.2) is 90.7 Å². The van der Waals surface area contributed by atoms with E-state index in [1.165, 1.54) is 36.6 Å². The molecule has 1 N–H and O–H groups in total. The third-order valence-corrected chi connectivity index (χ3v) is 4.44. The SMILES string of the molecule is CC(=O)/C=C(/C)O.[Pt+2].[c-]1ccccc1C1[N-]C(c2ccccc2)c2ccccc21. The Balaban J connectivity index is 0.000000327. The minimum atomic E-state index is -0.125. The molecule has 0 fully saturated rings. The van der Waals surface area contributed by atoms with Gasteiger partial charge in [-0.05, 0) is 13.8 Å². The van der Waals surface area contributed by atoms with E-state index in [4.69, 9.17) is 10.4 Å². The molecule has 0 amide bonds. The number of benzene rings is 3. The number of ketones is 1. The van der Waals surface area contributed by atoms with Crippen LogP contribution in [0.4, 0.5) is 0 Å². The first-order valence-corrected chi connectivity index (χ1v) is 9.24. The molecule has 2 atom stereocenters. The molecule has 0 radical (unpaired) electrons. The molecule has 4 rings (SSSR count).